The predicted octanol–water partition coefficient (Wildman–Crippen LogP) is 2.58. The first kappa shape index (κ1) is 9.01. The van der Waals surface area contributed by atoms with E-state index in [1.165, 1.54) is 10.0 Å². The minimum Gasteiger partial charge on any atom is -0.405 e. The van der Waals surface area contributed by atoms with Crippen molar-refractivity contribution < 1.29 is 0 Å². The standard InChI is InChI=1S/C7H12IN/c1-2-3-4-7(8)5-6-9/h4-6H,2-3,9H2,1H3/b6-5-,7-4+. The average molecular weight is 237 g/mol. The largest absolute Gasteiger partial charge is 0.405 e. The molecule has 2 N–H and O–H groups in total. The van der Waals surface area contributed by atoms with Crippen LogP contribution in [0, 0.1) is 0 Å². The van der Waals surface area contributed by atoms with Crippen molar-refractivity contribution in [3.8, 4) is 0 Å². The molecule has 1 nitrogen and oxygen atoms in total. The molecule has 0 radical (unpaired) electrons. The maximum absolute atomic E-state index is 5.17. The van der Waals surface area contributed by atoms with E-state index in [1.807, 2.05) is 6.08 Å². The van der Waals surface area contributed by atoms with E-state index in [0.717, 1.165) is 6.42 Å². The highest BCUT2D eigenvalue weighted by Gasteiger charge is 1.80. The fraction of sp³-hybridized carbons (Fsp3) is 0.429. The Morgan fingerprint density at radius 2 is 2.33 bits per heavy atom. The van der Waals surface area contributed by atoms with Gasteiger partial charge >= 0.3 is 0 Å². The Labute approximate surface area is 70.2 Å². The van der Waals surface area contributed by atoms with Crippen molar-refractivity contribution >= 4 is 22.6 Å². The molecule has 2 heteroatoms. The second kappa shape index (κ2) is 6.13. The van der Waals surface area contributed by atoms with Gasteiger partial charge in [-0.15, -0.1) is 0 Å². The molecule has 0 aromatic heterocycles. The number of allylic oxidation sites excluding steroid dienone is 3. The van der Waals surface area contributed by atoms with Crippen molar-refractivity contribution in [1.29, 1.82) is 0 Å². The third kappa shape index (κ3) is 5.89. The first-order valence-electron chi connectivity index (χ1n) is 3.05. The minimum atomic E-state index is 1.14. The summed E-state index contributed by atoms with van der Waals surface area (Å²) in [6.45, 7) is 2.16. The number of hydrogen-bond acceptors (Lipinski definition) is 1. The molecule has 0 heterocycles. The molecule has 0 aliphatic rings. The molecule has 0 saturated carbocycles. The van der Waals surface area contributed by atoms with Gasteiger partial charge in [-0.3, -0.25) is 0 Å². The lowest BCUT2D eigenvalue weighted by Crippen LogP contribution is -1.75. The average Bonchev–Trinajstić information content (AvgIpc) is 1.85. The summed E-state index contributed by atoms with van der Waals surface area (Å²) in [5, 5.41) is 0. The molecule has 52 valence electrons. The third-order valence-corrected chi connectivity index (χ3v) is 1.68. The van der Waals surface area contributed by atoms with E-state index < -0.39 is 0 Å². The summed E-state index contributed by atoms with van der Waals surface area (Å²) in [5.74, 6) is 0. The highest BCUT2D eigenvalue weighted by molar-refractivity contribution is 14.1. The van der Waals surface area contributed by atoms with E-state index in [-0.39, 0.29) is 0 Å². The van der Waals surface area contributed by atoms with Gasteiger partial charge in [-0.05, 0) is 41.3 Å². The summed E-state index contributed by atoms with van der Waals surface area (Å²) in [4.78, 5) is 0. The summed E-state index contributed by atoms with van der Waals surface area (Å²) in [6, 6.07) is 0. The van der Waals surface area contributed by atoms with Gasteiger partial charge in [-0.1, -0.05) is 19.4 Å². The van der Waals surface area contributed by atoms with Crippen molar-refractivity contribution in [2.24, 2.45) is 5.73 Å². The summed E-state index contributed by atoms with van der Waals surface area (Å²) >= 11 is 2.26. The molecular weight excluding hydrogens is 225 g/mol. The first-order valence-corrected chi connectivity index (χ1v) is 4.13. The molecule has 0 amide bonds. The highest BCUT2D eigenvalue weighted by Crippen LogP contribution is 2.08. The molecular formula is C7H12IN. The van der Waals surface area contributed by atoms with Crippen molar-refractivity contribution in [2.45, 2.75) is 19.8 Å². The normalized spacial score (nSPS) is 12.9. The van der Waals surface area contributed by atoms with Crippen LogP contribution < -0.4 is 5.73 Å². The van der Waals surface area contributed by atoms with Crippen molar-refractivity contribution in [3.05, 3.63) is 21.9 Å². The van der Waals surface area contributed by atoms with Gasteiger partial charge in [0.15, 0.2) is 0 Å². The maximum atomic E-state index is 5.17. The Bertz CT molecular complexity index is 116. The van der Waals surface area contributed by atoms with Gasteiger partial charge in [0.2, 0.25) is 0 Å². The quantitative estimate of drug-likeness (QED) is 0.592. The molecule has 0 rings (SSSR count). The van der Waals surface area contributed by atoms with Gasteiger partial charge in [-0.2, -0.15) is 0 Å². The fourth-order valence-electron chi connectivity index (χ4n) is 0.442. The Hall–Kier alpha value is 0.01000. The lowest BCUT2D eigenvalue weighted by atomic mass is 10.3. The molecule has 0 aliphatic carbocycles. The fourth-order valence-corrected chi connectivity index (χ4v) is 0.961. The molecule has 0 aliphatic heterocycles. The topological polar surface area (TPSA) is 26.0 Å². The molecule has 0 spiro atoms. The zero-order valence-corrected chi connectivity index (χ0v) is 7.76. The van der Waals surface area contributed by atoms with Crippen LogP contribution in [0.25, 0.3) is 0 Å². The van der Waals surface area contributed by atoms with Gasteiger partial charge < -0.3 is 5.73 Å². The summed E-state index contributed by atoms with van der Waals surface area (Å²) in [5.41, 5.74) is 5.17. The van der Waals surface area contributed by atoms with E-state index in [2.05, 4.69) is 35.6 Å². The molecule has 0 unspecified atom stereocenters. The molecule has 0 aromatic carbocycles. The zero-order valence-electron chi connectivity index (χ0n) is 5.60. The van der Waals surface area contributed by atoms with Crippen molar-refractivity contribution in [3.63, 3.8) is 0 Å². The van der Waals surface area contributed by atoms with Crippen molar-refractivity contribution in [1.82, 2.24) is 0 Å². The third-order valence-electron chi connectivity index (χ3n) is 0.883. The van der Waals surface area contributed by atoms with Crippen LogP contribution in [0.2, 0.25) is 0 Å². The van der Waals surface area contributed by atoms with Crippen LogP contribution >= 0.6 is 22.6 Å². The molecule has 0 aromatic rings. The summed E-state index contributed by atoms with van der Waals surface area (Å²) in [6.07, 6.45) is 7.97. The summed E-state index contributed by atoms with van der Waals surface area (Å²) < 4.78 is 1.22. The predicted molar refractivity (Wildman–Crippen MR) is 50.3 cm³/mol. The minimum absolute atomic E-state index is 1.14. The zero-order chi connectivity index (χ0) is 7.11. The van der Waals surface area contributed by atoms with Gasteiger partial charge in [-0.25, -0.2) is 0 Å². The van der Waals surface area contributed by atoms with Crippen LogP contribution in [0.3, 0.4) is 0 Å². The van der Waals surface area contributed by atoms with Gasteiger partial charge in [0, 0.05) is 3.58 Å². The second-order valence-electron chi connectivity index (χ2n) is 1.74. The lowest BCUT2D eigenvalue weighted by Gasteiger charge is -1.86. The Morgan fingerprint density at radius 3 is 2.78 bits per heavy atom. The van der Waals surface area contributed by atoms with Crippen LogP contribution in [-0.2, 0) is 0 Å². The number of rotatable bonds is 3. The molecule has 0 saturated heterocycles. The Balaban J connectivity index is 3.55. The van der Waals surface area contributed by atoms with Gasteiger partial charge in [0.25, 0.3) is 0 Å². The number of unbranched alkanes of at least 4 members (excludes halogenated alkanes) is 1. The monoisotopic (exact) mass is 237 g/mol. The van der Waals surface area contributed by atoms with E-state index in [1.54, 1.807) is 6.20 Å². The summed E-state index contributed by atoms with van der Waals surface area (Å²) in [7, 11) is 0. The van der Waals surface area contributed by atoms with Crippen molar-refractivity contribution in [2.75, 3.05) is 0 Å². The van der Waals surface area contributed by atoms with E-state index >= 15 is 0 Å². The first-order chi connectivity index (χ1) is 4.31. The number of halogens is 1. The van der Waals surface area contributed by atoms with Crippen LogP contribution in [-0.4, -0.2) is 0 Å². The van der Waals surface area contributed by atoms with Gasteiger partial charge in [0.1, 0.15) is 0 Å². The van der Waals surface area contributed by atoms with E-state index in [4.69, 9.17) is 5.73 Å². The van der Waals surface area contributed by atoms with Crippen LogP contribution in [0.15, 0.2) is 21.9 Å². The number of nitrogens with two attached hydrogens (primary N) is 1. The Kier molecular flexibility index (Phi) is 6.14. The van der Waals surface area contributed by atoms with Crippen LogP contribution in [0.4, 0.5) is 0 Å². The molecule has 9 heavy (non-hydrogen) atoms. The molecule has 0 atom stereocenters. The smallest absolute Gasteiger partial charge is 0.0104 e. The maximum Gasteiger partial charge on any atom is 0.0104 e. The SMILES string of the molecule is CCC/C=C(I)\C=C/N. The molecule has 0 bridgehead atoms. The van der Waals surface area contributed by atoms with E-state index in [0.29, 0.717) is 0 Å². The van der Waals surface area contributed by atoms with Crippen LogP contribution in [0.1, 0.15) is 19.8 Å². The second-order valence-corrected chi connectivity index (χ2v) is 2.98. The van der Waals surface area contributed by atoms with E-state index in [9.17, 15) is 0 Å². The number of hydrogen-bond donors (Lipinski definition) is 1. The lowest BCUT2D eigenvalue weighted by molar-refractivity contribution is 0.958. The molecule has 0 fully saturated rings. The highest BCUT2D eigenvalue weighted by atomic mass is 127. The Morgan fingerprint density at radius 1 is 1.67 bits per heavy atom. The van der Waals surface area contributed by atoms with Gasteiger partial charge in [0.05, 0.1) is 0 Å². The van der Waals surface area contributed by atoms with Crippen LogP contribution in [0.5, 0.6) is 0 Å².